The van der Waals surface area contributed by atoms with Crippen molar-refractivity contribution in [2.24, 2.45) is 0 Å². The highest BCUT2D eigenvalue weighted by Crippen LogP contribution is 2.26. The minimum atomic E-state index is 0.323. The molecule has 1 aliphatic rings. The first-order chi connectivity index (χ1) is 7.63. The molecule has 1 aromatic rings. The van der Waals surface area contributed by atoms with Gasteiger partial charge in [0.1, 0.15) is 0 Å². The molecule has 1 aliphatic heterocycles. The lowest BCUT2D eigenvalue weighted by Crippen LogP contribution is -2.33. The Bertz CT molecular complexity index is 330. The molecule has 1 aromatic heterocycles. The Labute approximate surface area is 109 Å². The summed E-state index contributed by atoms with van der Waals surface area (Å²) in [6.45, 7) is 4.96. The minimum Gasteiger partial charge on any atom is -0.375 e. The summed E-state index contributed by atoms with van der Waals surface area (Å²) in [5.41, 5.74) is 0. The monoisotopic (exact) mass is 304 g/mol. The first-order valence-corrected chi connectivity index (χ1v) is 7.25. The van der Waals surface area contributed by atoms with Gasteiger partial charge in [-0.25, -0.2) is 0 Å². The third kappa shape index (κ3) is 3.55. The predicted octanol–water partition coefficient (Wildman–Crippen LogP) is 3.98. The Hall–Kier alpha value is 0.1000. The Balaban J connectivity index is 1.81. The van der Waals surface area contributed by atoms with Crippen molar-refractivity contribution >= 4 is 27.3 Å². The van der Waals surface area contributed by atoms with Crippen LogP contribution >= 0.6 is 27.3 Å². The minimum absolute atomic E-state index is 0.323. The highest BCUT2D eigenvalue weighted by Gasteiger charge is 2.24. The number of hydrogen-bond donors (Lipinski definition) is 0. The van der Waals surface area contributed by atoms with Crippen LogP contribution in [-0.2, 0) is 16.1 Å². The lowest BCUT2D eigenvalue weighted by Gasteiger charge is -2.31. The number of hydrogen-bond acceptors (Lipinski definition) is 3. The first kappa shape index (κ1) is 12.6. The van der Waals surface area contributed by atoms with Crippen molar-refractivity contribution in [1.29, 1.82) is 0 Å². The van der Waals surface area contributed by atoms with E-state index in [1.165, 1.54) is 8.66 Å². The SMILES string of the molecule is CC1CC(OCc2ccc(Br)s2)CC(C)O1. The summed E-state index contributed by atoms with van der Waals surface area (Å²) in [5.74, 6) is 0. The summed E-state index contributed by atoms with van der Waals surface area (Å²) in [5, 5.41) is 0. The maximum absolute atomic E-state index is 5.93. The lowest BCUT2D eigenvalue weighted by atomic mass is 10.0. The van der Waals surface area contributed by atoms with Crippen molar-refractivity contribution < 1.29 is 9.47 Å². The molecule has 2 nitrogen and oxygen atoms in total. The molecule has 0 aliphatic carbocycles. The summed E-state index contributed by atoms with van der Waals surface area (Å²) >= 11 is 5.20. The van der Waals surface area contributed by atoms with Crippen LogP contribution in [0, 0.1) is 0 Å². The summed E-state index contributed by atoms with van der Waals surface area (Å²) in [6, 6.07) is 4.18. The van der Waals surface area contributed by atoms with E-state index >= 15 is 0 Å². The fourth-order valence-corrected chi connectivity index (χ4v) is 3.52. The van der Waals surface area contributed by atoms with Gasteiger partial charge in [0.25, 0.3) is 0 Å². The zero-order chi connectivity index (χ0) is 11.5. The van der Waals surface area contributed by atoms with Crippen molar-refractivity contribution in [1.82, 2.24) is 0 Å². The van der Waals surface area contributed by atoms with Gasteiger partial charge in [0, 0.05) is 4.88 Å². The third-order valence-electron chi connectivity index (χ3n) is 2.74. The van der Waals surface area contributed by atoms with Gasteiger partial charge in [-0.05, 0) is 54.8 Å². The average molecular weight is 305 g/mol. The lowest BCUT2D eigenvalue weighted by molar-refractivity contribution is -0.105. The van der Waals surface area contributed by atoms with Crippen LogP contribution in [0.15, 0.2) is 15.9 Å². The zero-order valence-corrected chi connectivity index (χ0v) is 12.0. The number of rotatable bonds is 3. The predicted molar refractivity (Wildman–Crippen MR) is 69.8 cm³/mol. The van der Waals surface area contributed by atoms with Crippen molar-refractivity contribution in [3.63, 3.8) is 0 Å². The van der Waals surface area contributed by atoms with Crippen molar-refractivity contribution in [2.75, 3.05) is 0 Å². The van der Waals surface area contributed by atoms with E-state index in [-0.39, 0.29) is 0 Å². The highest BCUT2D eigenvalue weighted by molar-refractivity contribution is 9.11. The molecule has 90 valence electrons. The number of thiophene rings is 1. The molecule has 2 unspecified atom stereocenters. The summed E-state index contributed by atoms with van der Waals surface area (Å²) < 4.78 is 12.8. The average Bonchev–Trinajstić information content (AvgIpc) is 2.60. The van der Waals surface area contributed by atoms with Gasteiger partial charge in [-0.2, -0.15) is 0 Å². The van der Waals surface area contributed by atoms with E-state index in [0.29, 0.717) is 18.3 Å². The van der Waals surface area contributed by atoms with Crippen molar-refractivity contribution in [3.05, 3.63) is 20.8 Å². The van der Waals surface area contributed by atoms with Gasteiger partial charge < -0.3 is 9.47 Å². The zero-order valence-electron chi connectivity index (χ0n) is 9.61. The molecule has 16 heavy (non-hydrogen) atoms. The molecule has 0 aromatic carbocycles. The number of halogens is 1. The maximum Gasteiger partial charge on any atom is 0.0813 e. The van der Waals surface area contributed by atoms with Crippen molar-refractivity contribution in [3.8, 4) is 0 Å². The van der Waals surface area contributed by atoms with E-state index in [1.54, 1.807) is 11.3 Å². The summed E-state index contributed by atoms with van der Waals surface area (Å²) in [7, 11) is 0. The second kappa shape index (κ2) is 5.63. The quantitative estimate of drug-likeness (QED) is 0.841. The van der Waals surface area contributed by atoms with E-state index < -0.39 is 0 Å². The molecule has 0 N–H and O–H groups in total. The highest BCUT2D eigenvalue weighted by atomic mass is 79.9. The standard InChI is InChI=1S/C12H17BrO2S/c1-8-5-10(6-9(2)15-8)14-7-11-3-4-12(13)16-11/h3-4,8-10H,5-7H2,1-2H3. The molecule has 0 amide bonds. The van der Waals surface area contributed by atoms with E-state index in [2.05, 4.69) is 41.9 Å². The van der Waals surface area contributed by atoms with Crippen molar-refractivity contribution in [2.45, 2.75) is 51.6 Å². The first-order valence-electron chi connectivity index (χ1n) is 5.64. The molecule has 2 rings (SSSR count). The molecule has 1 saturated heterocycles. The summed E-state index contributed by atoms with van der Waals surface area (Å²) in [6.07, 6.45) is 3.01. The smallest absolute Gasteiger partial charge is 0.0813 e. The Morgan fingerprint density at radius 1 is 1.38 bits per heavy atom. The molecule has 2 atom stereocenters. The van der Waals surface area contributed by atoms with Crippen LogP contribution < -0.4 is 0 Å². The topological polar surface area (TPSA) is 18.5 Å². The van der Waals surface area contributed by atoms with Crippen LogP contribution in [-0.4, -0.2) is 18.3 Å². The van der Waals surface area contributed by atoms with E-state index in [0.717, 1.165) is 19.4 Å². The van der Waals surface area contributed by atoms with Crippen LogP contribution in [0.2, 0.25) is 0 Å². The van der Waals surface area contributed by atoms with Gasteiger partial charge in [-0.15, -0.1) is 11.3 Å². The van der Waals surface area contributed by atoms with Crippen LogP contribution in [0.1, 0.15) is 31.6 Å². The molecule has 2 heterocycles. The Morgan fingerprint density at radius 3 is 2.62 bits per heavy atom. The largest absolute Gasteiger partial charge is 0.375 e. The third-order valence-corrected chi connectivity index (χ3v) is 4.34. The Morgan fingerprint density at radius 2 is 2.06 bits per heavy atom. The van der Waals surface area contributed by atoms with Gasteiger partial charge in [-0.3, -0.25) is 0 Å². The van der Waals surface area contributed by atoms with Gasteiger partial charge in [0.15, 0.2) is 0 Å². The molecule has 0 bridgehead atoms. The van der Waals surface area contributed by atoms with E-state index in [9.17, 15) is 0 Å². The van der Waals surface area contributed by atoms with E-state index in [1.807, 2.05) is 0 Å². The fourth-order valence-electron chi connectivity index (χ4n) is 2.11. The fraction of sp³-hybridized carbons (Fsp3) is 0.667. The molecular formula is C12H17BrO2S. The van der Waals surface area contributed by atoms with Crippen LogP contribution in [0.25, 0.3) is 0 Å². The normalized spacial score (nSPS) is 30.6. The van der Waals surface area contributed by atoms with Gasteiger partial charge in [-0.1, -0.05) is 0 Å². The Kier molecular flexibility index (Phi) is 4.41. The molecule has 4 heteroatoms. The number of ether oxygens (including phenoxy) is 2. The maximum atomic E-state index is 5.93. The molecule has 0 spiro atoms. The van der Waals surface area contributed by atoms with Gasteiger partial charge in [0.05, 0.1) is 28.7 Å². The van der Waals surface area contributed by atoms with Crippen LogP contribution in [0.5, 0.6) is 0 Å². The summed E-state index contributed by atoms with van der Waals surface area (Å²) in [4.78, 5) is 1.28. The molecule has 1 fully saturated rings. The van der Waals surface area contributed by atoms with Crippen LogP contribution in [0.4, 0.5) is 0 Å². The molecule has 0 saturated carbocycles. The van der Waals surface area contributed by atoms with Gasteiger partial charge in [0.2, 0.25) is 0 Å². The van der Waals surface area contributed by atoms with E-state index in [4.69, 9.17) is 9.47 Å². The van der Waals surface area contributed by atoms with Crippen LogP contribution in [0.3, 0.4) is 0 Å². The van der Waals surface area contributed by atoms with Gasteiger partial charge >= 0.3 is 0 Å². The second-order valence-corrected chi connectivity index (χ2v) is 6.92. The molecular weight excluding hydrogens is 288 g/mol. The second-order valence-electron chi connectivity index (χ2n) is 4.37. The molecule has 0 radical (unpaired) electrons.